The highest BCUT2D eigenvalue weighted by molar-refractivity contribution is 5.92. The molecule has 2 aromatic rings. The number of benzene rings is 1. The number of carbonyl (C=O) groups is 1. The third kappa shape index (κ3) is 4.56. The first kappa shape index (κ1) is 15.0. The molecule has 0 aliphatic heterocycles. The van der Waals surface area contributed by atoms with Crippen LogP contribution in [0.2, 0.25) is 0 Å². The number of rotatable bonds is 5. The molecule has 110 valence electrons. The third-order valence-electron chi connectivity index (χ3n) is 2.79. The lowest BCUT2D eigenvalue weighted by molar-refractivity contribution is -0.115. The summed E-state index contributed by atoms with van der Waals surface area (Å²) in [6.45, 7) is 4.04. The summed E-state index contributed by atoms with van der Waals surface area (Å²) in [6, 6.07) is 10.1. The van der Waals surface area contributed by atoms with Crippen LogP contribution in [0.5, 0.6) is 0 Å². The van der Waals surface area contributed by atoms with Gasteiger partial charge in [0.15, 0.2) is 0 Å². The molecule has 1 heterocycles. The summed E-state index contributed by atoms with van der Waals surface area (Å²) in [6.07, 6.45) is 1.57. The Kier molecular flexibility index (Phi) is 4.87. The van der Waals surface area contributed by atoms with E-state index in [-0.39, 0.29) is 18.1 Å². The van der Waals surface area contributed by atoms with Gasteiger partial charge in [0.05, 0.1) is 18.3 Å². The predicted molar refractivity (Wildman–Crippen MR) is 81.7 cm³/mol. The summed E-state index contributed by atoms with van der Waals surface area (Å²) in [5, 5.41) is 5.86. The zero-order chi connectivity index (χ0) is 15.2. The number of nitrogens with one attached hydrogen (secondary N) is 2. The van der Waals surface area contributed by atoms with E-state index in [0.717, 1.165) is 5.82 Å². The van der Waals surface area contributed by atoms with Gasteiger partial charge in [-0.3, -0.25) is 4.79 Å². The third-order valence-corrected chi connectivity index (χ3v) is 2.79. The highest BCUT2D eigenvalue weighted by atomic mass is 19.1. The van der Waals surface area contributed by atoms with Gasteiger partial charge >= 0.3 is 0 Å². The Morgan fingerprint density at radius 2 is 2.00 bits per heavy atom. The van der Waals surface area contributed by atoms with Crippen LogP contribution in [0.15, 0.2) is 42.6 Å². The van der Waals surface area contributed by atoms with E-state index in [4.69, 9.17) is 0 Å². The maximum Gasteiger partial charge on any atom is 0.228 e. The van der Waals surface area contributed by atoms with E-state index in [0.29, 0.717) is 17.3 Å². The number of pyridine rings is 1. The van der Waals surface area contributed by atoms with E-state index in [1.54, 1.807) is 36.5 Å². The molecule has 0 spiro atoms. The van der Waals surface area contributed by atoms with Gasteiger partial charge in [0.2, 0.25) is 5.91 Å². The zero-order valence-electron chi connectivity index (χ0n) is 12.1. The van der Waals surface area contributed by atoms with Crippen LogP contribution in [0, 0.1) is 5.82 Å². The van der Waals surface area contributed by atoms with Crippen LogP contribution < -0.4 is 10.6 Å². The van der Waals surface area contributed by atoms with Crippen molar-refractivity contribution >= 4 is 17.4 Å². The van der Waals surface area contributed by atoms with Gasteiger partial charge < -0.3 is 10.6 Å². The number of halogens is 1. The molecule has 0 radical (unpaired) electrons. The molecule has 0 bridgehead atoms. The minimum atomic E-state index is -0.373. The SMILES string of the molecule is CC(C)Nc1ccc(NC(=O)Cc2ccccc2F)cn1. The van der Waals surface area contributed by atoms with Crippen LogP contribution >= 0.6 is 0 Å². The highest BCUT2D eigenvalue weighted by Crippen LogP contribution is 2.12. The first-order valence-electron chi connectivity index (χ1n) is 6.80. The number of hydrogen-bond acceptors (Lipinski definition) is 3. The van der Waals surface area contributed by atoms with Crippen molar-refractivity contribution < 1.29 is 9.18 Å². The summed E-state index contributed by atoms with van der Waals surface area (Å²) < 4.78 is 13.5. The Labute approximate surface area is 123 Å². The second-order valence-electron chi connectivity index (χ2n) is 5.05. The normalized spacial score (nSPS) is 10.5. The molecule has 1 aromatic carbocycles. The van der Waals surface area contributed by atoms with Crippen LogP contribution in [0.4, 0.5) is 15.9 Å². The maximum absolute atomic E-state index is 13.5. The van der Waals surface area contributed by atoms with Crippen LogP contribution in [0.3, 0.4) is 0 Å². The maximum atomic E-state index is 13.5. The Hall–Kier alpha value is -2.43. The Bertz CT molecular complexity index is 611. The summed E-state index contributed by atoms with van der Waals surface area (Å²) >= 11 is 0. The van der Waals surface area contributed by atoms with Crippen molar-refractivity contribution in [1.29, 1.82) is 0 Å². The van der Waals surface area contributed by atoms with E-state index in [1.165, 1.54) is 6.07 Å². The molecule has 2 rings (SSSR count). The average molecular weight is 287 g/mol. The van der Waals surface area contributed by atoms with E-state index in [1.807, 2.05) is 13.8 Å². The fourth-order valence-corrected chi connectivity index (χ4v) is 1.87. The first-order chi connectivity index (χ1) is 10.0. The minimum absolute atomic E-state index is 0.00132. The van der Waals surface area contributed by atoms with Crippen molar-refractivity contribution in [1.82, 2.24) is 4.98 Å². The highest BCUT2D eigenvalue weighted by Gasteiger charge is 2.08. The molecule has 0 unspecified atom stereocenters. The van der Waals surface area contributed by atoms with E-state index in [2.05, 4.69) is 15.6 Å². The number of amides is 1. The number of hydrogen-bond donors (Lipinski definition) is 2. The van der Waals surface area contributed by atoms with Crippen LogP contribution in [-0.2, 0) is 11.2 Å². The van der Waals surface area contributed by atoms with E-state index >= 15 is 0 Å². The smallest absolute Gasteiger partial charge is 0.228 e. The summed E-state index contributed by atoms with van der Waals surface area (Å²) in [4.78, 5) is 16.1. The van der Waals surface area contributed by atoms with Crippen molar-refractivity contribution in [2.45, 2.75) is 26.3 Å². The van der Waals surface area contributed by atoms with E-state index < -0.39 is 0 Å². The number of carbonyl (C=O) groups excluding carboxylic acids is 1. The Morgan fingerprint density at radius 3 is 2.62 bits per heavy atom. The standard InChI is InChI=1S/C16H18FN3O/c1-11(2)19-15-8-7-13(10-18-15)20-16(21)9-12-5-3-4-6-14(12)17/h3-8,10-11H,9H2,1-2H3,(H,18,19)(H,20,21). The van der Waals surface area contributed by atoms with Gasteiger partial charge in [-0.25, -0.2) is 9.37 Å². The molecule has 1 aromatic heterocycles. The molecular formula is C16H18FN3O. The minimum Gasteiger partial charge on any atom is -0.368 e. The van der Waals surface area contributed by atoms with Crippen molar-refractivity contribution in [2.75, 3.05) is 10.6 Å². The number of nitrogens with zero attached hydrogens (tertiary/aromatic N) is 1. The molecule has 0 aliphatic carbocycles. The lowest BCUT2D eigenvalue weighted by Crippen LogP contribution is -2.16. The van der Waals surface area contributed by atoms with Gasteiger partial charge in [0.1, 0.15) is 11.6 Å². The lowest BCUT2D eigenvalue weighted by Gasteiger charge is -2.10. The van der Waals surface area contributed by atoms with Crippen LogP contribution in [0.1, 0.15) is 19.4 Å². The Morgan fingerprint density at radius 1 is 1.24 bits per heavy atom. The zero-order valence-corrected chi connectivity index (χ0v) is 12.1. The van der Waals surface area contributed by atoms with Crippen LogP contribution in [0.25, 0.3) is 0 Å². The van der Waals surface area contributed by atoms with Gasteiger partial charge in [0, 0.05) is 6.04 Å². The fraction of sp³-hybridized carbons (Fsp3) is 0.250. The predicted octanol–water partition coefficient (Wildman–Crippen LogP) is 3.22. The molecule has 1 amide bonds. The fourth-order valence-electron chi connectivity index (χ4n) is 1.87. The van der Waals surface area contributed by atoms with Gasteiger partial charge in [-0.15, -0.1) is 0 Å². The second-order valence-corrected chi connectivity index (χ2v) is 5.05. The summed E-state index contributed by atoms with van der Waals surface area (Å²) in [5.41, 5.74) is 0.965. The summed E-state index contributed by atoms with van der Waals surface area (Å²) in [7, 11) is 0. The molecule has 0 fully saturated rings. The van der Waals surface area contributed by atoms with Crippen molar-refractivity contribution in [3.63, 3.8) is 0 Å². The molecule has 0 atom stereocenters. The summed E-state index contributed by atoms with van der Waals surface area (Å²) in [5.74, 6) is 0.103. The second kappa shape index (κ2) is 6.83. The topological polar surface area (TPSA) is 54.0 Å². The van der Waals surface area contributed by atoms with E-state index in [9.17, 15) is 9.18 Å². The molecule has 21 heavy (non-hydrogen) atoms. The molecule has 0 saturated carbocycles. The molecule has 4 nitrogen and oxygen atoms in total. The van der Waals surface area contributed by atoms with Crippen molar-refractivity contribution in [3.05, 3.63) is 54.0 Å². The van der Waals surface area contributed by atoms with Crippen molar-refractivity contribution in [2.24, 2.45) is 0 Å². The first-order valence-corrected chi connectivity index (χ1v) is 6.80. The quantitative estimate of drug-likeness (QED) is 0.887. The molecule has 0 saturated heterocycles. The van der Waals surface area contributed by atoms with Crippen molar-refractivity contribution in [3.8, 4) is 0 Å². The molecule has 5 heteroatoms. The molecular weight excluding hydrogens is 269 g/mol. The number of aromatic nitrogens is 1. The monoisotopic (exact) mass is 287 g/mol. The Balaban J connectivity index is 1.95. The molecule has 0 aliphatic rings. The lowest BCUT2D eigenvalue weighted by atomic mass is 10.1. The number of anilines is 2. The van der Waals surface area contributed by atoms with Gasteiger partial charge in [-0.05, 0) is 37.6 Å². The average Bonchev–Trinajstić information content (AvgIpc) is 2.43. The van der Waals surface area contributed by atoms with Gasteiger partial charge in [0.25, 0.3) is 0 Å². The molecule has 2 N–H and O–H groups in total. The van der Waals surface area contributed by atoms with Crippen LogP contribution in [-0.4, -0.2) is 16.9 Å². The largest absolute Gasteiger partial charge is 0.368 e. The van der Waals surface area contributed by atoms with Gasteiger partial charge in [-0.2, -0.15) is 0 Å². The van der Waals surface area contributed by atoms with Gasteiger partial charge in [-0.1, -0.05) is 18.2 Å².